The molecule has 8 aromatic heterocycles. The average Bonchev–Trinajstić information content (AvgIpc) is 0.805. The molecule has 10 aromatic rings. The highest BCUT2D eigenvalue weighted by molar-refractivity contribution is 5.48. The number of nitrogens with zero attached hydrogens (tertiary/aromatic N) is 12. The molecule has 10 rings (SSSR count). The van der Waals surface area contributed by atoms with Gasteiger partial charge in [-0.1, -0.05) is 222 Å². The van der Waals surface area contributed by atoms with E-state index in [0.29, 0.717) is 90.0 Å². The van der Waals surface area contributed by atoms with Crippen molar-refractivity contribution >= 4 is 0 Å². The quantitative estimate of drug-likeness (QED) is 0.0555. The molecule has 0 saturated carbocycles. The monoisotopic (exact) mass is 1470 g/mol. The van der Waals surface area contributed by atoms with E-state index in [1.807, 2.05) is 314 Å². The van der Waals surface area contributed by atoms with E-state index in [1.54, 1.807) is 24.8 Å². The fourth-order valence-corrected chi connectivity index (χ4v) is 10.2. The van der Waals surface area contributed by atoms with Crippen LogP contribution in [0.15, 0.2) is 219 Å². The predicted molar refractivity (Wildman–Crippen MR) is 459 cm³/mol. The van der Waals surface area contributed by atoms with E-state index in [2.05, 4.69) is 92.4 Å². The predicted octanol–water partition coefficient (Wildman–Crippen LogP) is 24.0. The molecule has 8 heterocycles. The SMILES string of the molecule is C.C.C.C.CC.CC.CC.CC.CC.CC.CC.CC.CC(C)(C)Oc1cc(CN(Cc2ccccn2)Cc2ccccn2)c(O)c(CN(Cc2ccccn2)Cc2ccccn2)c1.CC(C)(C)c1cc(CN(Cc2ccccn2)Cc2ccccn2)c(O)c(CN(Cc2ccccn2)Cc2ccccn2)c1. The Morgan fingerprint density at radius 1 is 0.262 bits per heavy atom. The van der Waals surface area contributed by atoms with Crippen LogP contribution in [0.3, 0.4) is 0 Å². The molecule has 0 radical (unpaired) electrons. The second-order valence-corrected chi connectivity index (χ2v) is 23.8. The first-order chi connectivity index (χ1) is 50.1. The van der Waals surface area contributed by atoms with Crippen LogP contribution >= 0.6 is 0 Å². The Balaban J connectivity index is -0.000000810. The molecule has 0 atom stereocenters. The second kappa shape index (κ2) is 62.0. The zero-order chi connectivity index (χ0) is 76.9. The number of benzene rings is 2. The molecule has 0 spiro atoms. The summed E-state index contributed by atoms with van der Waals surface area (Å²) in [5.74, 6) is 1.30. The summed E-state index contributed by atoms with van der Waals surface area (Å²) >= 11 is 0. The van der Waals surface area contributed by atoms with E-state index < -0.39 is 5.60 Å². The molecule has 0 fully saturated rings. The molecule has 0 amide bonds. The van der Waals surface area contributed by atoms with Gasteiger partial charge in [-0.05, 0) is 141 Å². The molecule has 0 bridgehead atoms. The van der Waals surface area contributed by atoms with E-state index in [-0.39, 0.29) is 40.9 Å². The van der Waals surface area contributed by atoms with Gasteiger partial charge in [0.1, 0.15) is 22.8 Å². The average molecular weight is 1470 g/mol. The van der Waals surface area contributed by atoms with Crippen molar-refractivity contribution in [1.29, 1.82) is 0 Å². The number of ether oxygens (including phenoxy) is 1. The number of phenols is 2. The topological polar surface area (TPSA) is 166 Å². The fourth-order valence-electron chi connectivity index (χ4n) is 10.2. The lowest BCUT2D eigenvalue weighted by Gasteiger charge is -2.28. The van der Waals surface area contributed by atoms with E-state index in [0.717, 1.165) is 67.8 Å². The van der Waals surface area contributed by atoms with Crippen molar-refractivity contribution < 1.29 is 14.9 Å². The number of hydrogen-bond acceptors (Lipinski definition) is 15. The van der Waals surface area contributed by atoms with Gasteiger partial charge in [-0.3, -0.25) is 59.5 Å². The van der Waals surface area contributed by atoms with Crippen LogP contribution in [0, 0.1) is 0 Å². The largest absolute Gasteiger partial charge is 0.507 e. The third-order valence-corrected chi connectivity index (χ3v) is 14.3. The minimum Gasteiger partial charge on any atom is -0.507 e. The highest BCUT2D eigenvalue weighted by Crippen LogP contribution is 2.36. The van der Waals surface area contributed by atoms with E-state index in [9.17, 15) is 10.2 Å². The molecule has 0 saturated heterocycles. The Morgan fingerprint density at radius 3 is 0.570 bits per heavy atom. The van der Waals surface area contributed by atoms with Crippen molar-refractivity contribution in [3.05, 3.63) is 293 Å². The van der Waals surface area contributed by atoms with Crippen LogP contribution in [0.2, 0.25) is 0 Å². The van der Waals surface area contributed by atoms with E-state index in [4.69, 9.17) is 4.74 Å². The van der Waals surface area contributed by atoms with Crippen molar-refractivity contribution in [3.8, 4) is 17.2 Å². The maximum atomic E-state index is 11.8. The molecule has 0 unspecified atom stereocenters. The van der Waals surface area contributed by atoms with Gasteiger partial charge in [0.05, 0.1) is 45.6 Å². The van der Waals surface area contributed by atoms with E-state index >= 15 is 0 Å². The fraction of sp³-hybridized carbons (Fsp3) is 0.435. The molecule has 2 aromatic carbocycles. The molecule has 0 aliphatic rings. The Hall–Kier alpha value is -9.12. The molecule has 107 heavy (non-hydrogen) atoms. The molecule has 590 valence electrons. The van der Waals surface area contributed by atoms with Crippen LogP contribution in [-0.4, -0.2) is 75.3 Å². The Labute approximate surface area is 652 Å². The maximum absolute atomic E-state index is 11.8. The summed E-state index contributed by atoms with van der Waals surface area (Å²) in [7, 11) is 0. The van der Waals surface area contributed by atoms with Gasteiger partial charge in [0.2, 0.25) is 0 Å². The first-order valence-corrected chi connectivity index (χ1v) is 37.6. The van der Waals surface area contributed by atoms with Crippen LogP contribution in [-0.2, 0) is 84.0 Å². The maximum Gasteiger partial charge on any atom is 0.124 e. The number of hydrogen-bond donors (Lipinski definition) is 2. The lowest BCUT2D eigenvalue weighted by atomic mass is 9.84. The minimum atomic E-state index is -0.408. The highest BCUT2D eigenvalue weighted by atomic mass is 16.5. The zero-order valence-electron chi connectivity index (χ0n) is 66.9. The summed E-state index contributed by atoms with van der Waals surface area (Å²) in [6.45, 7) is 51.7. The molecular formula is C92H144N12O3. The van der Waals surface area contributed by atoms with Gasteiger partial charge in [-0.15, -0.1) is 0 Å². The van der Waals surface area contributed by atoms with Gasteiger partial charge in [-0.2, -0.15) is 0 Å². The van der Waals surface area contributed by atoms with Crippen molar-refractivity contribution in [2.24, 2.45) is 0 Å². The smallest absolute Gasteiger partial charge is 0.124 e. The highest BCUT2D eigenvalue weighted by Gasteiger charge is 2.25. The molecule has 0 aliphatic carbocycles. The summed E-state index contributed by atoms with van der Waals surface area (Å²) in [5, 5.41) is 23.6. The number of aromatic hydroxyl groups is 2. The van der Waals surface area contributed by atoms with Gasteiger partial charge in [0.25, 0.3) is 0 Å². The third-order valence-electron chi connectivity index (χ3n) is 14.3. The van der Waals surface area contributed by atoms with Crippen molar-refractivity contribution in [2.45, 2.75) is 272 Å². The lowest BCUT2D eigenvalue weighted by molar-refractivity contribution is 0.130. The van der Waals surface area contributed by atoms with Gasteiger partial charge in [-0.25, -0.2) is 0 Å². The Morgan fingerprint density at radius 2 is 0.430 bits per heavy atom. The van der Waals surface area contributed by atoms with Crippen molar-refractivity contribution in [2.75, 3.05) is 0 Å². The molecule has 15 heteroatoms. The van der Waals surface area contributed by atoms with Crippen molar-refractivity contribution in [1.82, 2.24) is 59.5 Å². The van der Waals surface area contributed by atoms with Crippen LogP contribution in [0.4, 0.5) is 0 Å². The third kappa shape index (κ3) is 41.0. The first kappa shape index (κ1) is 104. The summed E-state index contributed by atoms with van der Waals surface area (Å²) < 4.78 is 6.38. The Kier molecular flexibility index (Phi) is 60.4. The standard InChI is InChI=1S/C36H40N6O2.C36H40N6O.8C2H6.4CH4/c1-36(2,3)44-34-20-28(22-41(24-30-12-4-8-16-37-30)25-31-13-5-9-17-38-31)35(43)29(21-34)23-42(26-32-14-6-10-18-39-32)27-33-15-7-11-19-40-33;1-36(2,3)30-20-28(22-41(24-31-12-4-8-16-37-31)25-32-13-5-9-17-38-32)35(43)29(21-30)23-42(26-33-14-6-10-18-39-33)27-34-15-7-11-19-40-34;8*1-2;;;;/h4-21,43H,22-27H2,1-3H3;4-21,43H,22-27H2,1-3H3;8*1-2H3;4*1H4. The van der Waals surface area contributed by atoms with Gasteiger partial charge >= 0.3 is 0 Å². The van der Waals surface area contributed by atoms with Crippen LogP contribution in [0.1, 0.15) is 255 Å². The van der Waals surface area contributed by atoms with Gasteiger partial charge < -0.3 is 14.9 Å². The van der Waals surface area contributed by atoms with Crippen LogP contribution in [0.5, 0.6) is 17.2 Å². The summed E-state index contributed by atoms with van der Waals surface area (Å²) in [6.07, 6.45) is 14.5. The van der Waals surface area contributed by atoms with Crippen molar-refractivity contribution in [3.63, 3.8) is 0 Å². The minimum absolute atomic E-state index is 0. The number of phenolic OH excluding ortho intramolecular Hbond substituents is 2. The molecular weight excluding hydrogens is 1320 g/mol. The summed E-state index contributed by atoms with van der Waals surface area (Å²) in [4.78, 5) is 45.6. The van der Waals surface area contributed by atoms with Gasteiger partial charge in [0.15, 0.2) is 0 Å². The summed E-state index contributed by atoms with van der Waals surface area (Å²) in [5.41, 5.74) is 11.7. The normalized spacial score (nSPS) is 9.96. The van der Waals surface area contributed by atoms with Crippen LogP contribution in [0.25, 0.3) is 0 Å². The first-order valence-electron chi connectivity index (χ1n) is 37.6. The zero-order valence-corrected chi connectivity index (χ0v) is 66.9. The lowest BCUT2D eigenvalue weighted by Crippen LogP contribution is -2.26. The number of pyridine rings is 8. The van der Waals surface area contributed by atoms with E-state index in [1.165, 1.54) is 5.56 Å². The molecule has 2 N–H and O–H groups in total. The Bertz CT molecular complexity index is 3240. The summed E-state index contributed by atoms with van der Waals surface area (Å²) in [6, 6.07) is 55.8. The van der Waals surface area contributed by atoms with Crippen LogP contribution < -0.4 is 4.74 Å². The van der Waals surface area contributed by atoms with Gasteiger partial charge in [0, 0.05) is 150 Å². The number of aromatic nitrogens is 8. The molecule has 15 nitrogen and oxygen atoms in total. The second-order valence-electron chi connectivity index (χ2n) is 23.8. The molecule has 0 aliphatic heterocycles. The number of rotatable bonds is 25.